The Morgan fingerprint density at radius 2 is 2.05 bits per heavy atom. The largest absolute Gasteiger partial charge is 0.481 e. The summed E-state index contributed by atoms with van der Waals surface area (Å²) in [4.78, 5) is 22.4. The smallest absolute Gasteiger partial charge is 0.374 e. The highest BCUT2D eigenvalue weighted by Crippen LogP contribution is 2.29. The Kier molecular flexibility index (Phi) is 4.57. The van der Waals surface area contributed by atoms with E-state index in [1.807, 2.05) is 0 Å². The predicted molar refractivity (Wildman–Crippen MR) is 73.8 cm³/mol. The van der Waals surface area contributed by atoms with E-state index >= 15 is 0 Å². The summed E-state index contributed by atoms with van der Waals surface area (Å²) in [5.41, 5.74) is 0. The maximum atomic E-state index is 12.6. The average molecular weight is 331 g/mol. The molecular weight excluding hydrogens is 314 g/mol. The van der Waals surface area contributed by atoms with Crippen molar-refractivity contribution in [2.24, 2.45) is 5.92 Å². The fourth-order valence-corrected chi connectivity index (χ4v) is 4.02. The molecule has 122 valence electrons. The first-order valence-corrected chi connectivity index (χ1v) is 8.14. The summed E-state index contributed by atoms with van der Waals surface area (Å²) in [5.74, 6) is -2.78. The standard InChI is InChI=1S/C13H17NO7S/c1-8-3-4-9(12(15)16)7-14(8)22(18,19)11-6-5-10(21-11)13(17)20-2/h5-6,8-9H,3-4,7H2,1-2H3,(H,15,16). The third-order valence-electron chi connectivity index (χ3n) is 3.70. The van der Waals surface area contributed by atoms with Crippen molar-refractivity contribution in [2.75, 3.05) is 13.7 Å². The van der Waals surface area contributed by atoms with Crippen molar-refractivity contribution in [2.45, 2.75) is 30.9 Å². The minimum absolute atomic E-state index is 0.118. The van der Waals surface area contributed by atoms with E-state index < -0.39 is 33.0 Å². The van der Waals surface area contributed by atoms with E-state index in [1.54, 1.807) is 6.92 Å². The quantitative estimate of drug-likeness (QED) is 0.817. The van der Waals surface area contributed by atoms with Crippen LogP contribution in [-0.2, 0) is 19.6 Å². The molecule has 0 spiro atoms. The van der Waals surface area contributed by atoms with E-state index in [9.17, 15) is 18.0 Å². The normalized spacial score (nSPS) is 23.2. The number of carbonyl (C=O) groups excluding carboxylic acids is 1. The van der Waals surface area contributed by atoms with Gasteiger partial charge in [-0.25, -0.2) is 13.2 Å². The summed E-state index contributed by atoms with van der Waals surface area (Å²) in [6, 6.07) is 2.04. The van der Waals surface area contributed by atoms with Crippen LogP contribution in [0.25, 0.3) is 0 Å². The molecule has 1 N–H and O–H groups in total. The Bertz CT molecular complexity index is 678. The molecule has 2 rings (SSSR count). The Morgan fingerprint density at radius 3 is 2.64 bits per heavy atom. The second kappa shape index (κ2) is 6.09. The van der Waals surface area contributed by atoms with Crippen molar-refractivity contribution in [3.8, 4) is 0 Å². The maximum absolute atomic E-state index is 12.6. The van der Waals surface area contributed by atoms with Gasteiger partial charge in [-0.1, -0.05) is 0 Å². The molecule has 22 heavy (non-hydrogen) atoms. The Balaban J connectivity index is 2.30. The minimum atomic E-state index is -4.00. The van der Waals surface area contributed by atoms with Gasteiger partial charge in [0.05, 0.1) is 13.0 Å². The van der Waals surface area contributed by atoms with Crippen LogP contribution in [0.1, 0.15) is 30.3 Å². The monoisotopic (exact) mass is 331 g/mol. The van der Waals surface area contributed by atoms with Gasteiger partial charge in [-0.3, -0.25) is 4.79 Å². The molecule has 0 aromatic carbocycles. The number of hydrogen-bond acceptors (Lipinski definition) is 6. The van der Waals surface area contributed by atoms with E-state index in [0.29, 0.717) is 12.8 Å². The van der Waals surface area contributed by atoms with E-state index in [2.05, 4.69) is 4.74 Å². The molecule has 1 aliphatic heterocycles. The zero-order chi connectivity index (χ0) is 16.5. The fraction of sp³-hybridized carbons (Fsp3) is 0.538. The van der Waals surface area contributed by atoms with E-state index in [4.69, 9.17) is 9.52 Å². The van der Waals surface area contributed by atoms with Crippen molar-refractivity contribution in [1.82, 2.24) is 4.31 Å². The predicted octanol–water partition coefficient (Wildman–Crippen LogP) is 0.940. The van der Waals surface area contributed by atoms with Gasteiger partial charge < -0.3 is 14.3 Å². The number of methoxy groups -OCH3 is 1. The molecule has 0 bridgehead atoms. The van der Waals surface area contributed by atoms with Crippen LogP contribution in [0.3, 0.4) is 0 Å². The topological polar surface area (TPSA) is 114 Å². The first-order chi connectivity index (χ1) is 10.3. The molecule has 1 fully saturated rings. The molecule has 1 aromatic heterocycles. The number of piperidine rings is 1. The van der Waals surface area contributed by atoms with E-state index in [1.165, 1.54) is 12.1 Å². The SMILES string of the molecule is COC(=O)c1ccc(S(=O)(=O)N2CC(C(=O)O)CCC2C)o1. The molecule has 9 heteroatoms. The highest BCUT2D eigenvalue weighted by Gasteiger charge is 2.39. The zero-order valence-corrected chi connectivity index (χ0v) is 13.0. The average Bonchev–Trinajstić information content (AvgIpc) is 2.97. The van der Waals surface area contributed by atoms with Crippen LogP contribution in [-0.4, -0.2) is 49.5 Å². The minimum Gasteiger partial charge on any atom is -0.481 e. The lowest BCUT2D eigenvalue weighted by atomic mass is 9.96. The van der Waals surface area contributed by atoms with Crippen molar-refractivity contribution in [3.63, 3.8) is 0 Å². The molecule has 0 radical (unpaired) electrons. The number of sulfonamides is 1. The zero-order valence-electron chi connectivity index (χ0n) is 12.2. The number of rotatable bonds is 4. The fourth-order valence-electron chi connectivity index (χ4n) is 2.40. The van der Waals surface area contributed by atoms with Crippen molar-refractivity contribution in [3.05, 3.63) is 17.9 Å². The Morgan fingerprint density at radius 1 is 1.36 bits per heavy atom. The highest BCUT2D eigenvalue weighted by molar-refractivity contribution is 7.89. The maximum Gasteiger partial charge on any atom is 0.374 e. The number of ether oxygens (including phenoxy) is 1. The van der Waals surface area contributed by atoms with E-state index in [-0.39, 0.29) is 18.3 Å². The van der Waals surface area contributed by atoms with Crippen LogP contribution < -0.4 is 0 Å². The molecular formula is C13H17NO7S. The molecule has 1 aliphatic rings. The Hall–Kier alpha value is -1.87. The third-order valence-corrected chi connectivity index (χ3v) is 5.56. The number of carboxylic acid groups (broad SMARTS) is 1. The molecule has 2 heterocycles. The number of carbonyl (C=O) groups is 2. The Labute approximate surface area is 127 Å². The molecule has 0 amide bonds. The van der Waals surface area contributed by atoms with Gasteiger partial charge in [0, 0.05) is 12.6 Å². The third kappa shape index (κ3) is 3.00. The van der Waals surface area contributed by atoms with Crippen LogP contribution in [0.5, 0.6) is 0 Å². The summed E-state index contributed by atoms with van der Waals surface area (Å²) in [7, 11) is -2.85. The van der Waals surface area contributed by atoms with Gasteiger partial charge in [0.2, 0.25) is 10.9 Å². The molecule has 1 saturated heterocycles. The lowest BCUT2D eigenvalue weighted by Crippen LogP contribution is -2.47. The lowest BCUT2D eigenvalue weighted by molar-refractivity contribution is -0.143. The number of furan rings is 1. The first-order valence-electron chi connectivity index (χ1n) is 6.70. The lowest BCUT2D eigenvalue weighted by Gasteiger charge is -2.34. The summed E-state index contributed by atoms with van der Waals surface area (Å²) >= 11 is 0. The van der Waals surface area contributed by atoms with Crippen molar-refractivity contribution >= 4 is 22.0 Å². The van der Waals surface area contributed by atoms with Gasteiger partial charge >= 0.3 is 11.9 Å². The number of nitrogens with zero attached hydrogens (tertiary/aromatic N) is 1. The van der Waals surface area contributed by atoms with Gasteiger partial charge in [-0.15, -0.1) is 0 Å². The molecule has 0 aliphatic carbocycles. The summed E-state index contributed by atoms with van der Waals surface area (Å²) in [5, 5.41) is 8.68. The molecule has 0 saturated carbocycles. The van der Waals surface area contributed by atoms with Gasteiger partial charge in [-0.05, 0) is 31.9 Å². The molecule has 2 atom stereocenters. The number of hydrogen-bond donors (Lipinski definition) is 1. The van der Waals surface area contributed by atoms with Crippen LogP contribution in [0.2, 0.25) is 0 Å². The molecule has 8 nitrogen and oxygen atoms in total. The van der Waals surface area contributed by atoms with Crippen LogP contribution in [0.4, 0.5) is 0 Å². The van der Waals surface area contributed by atoms with Crippen LogP contribution in [0, 0.1) is 5.92 Å². The van der Waals surface area contributed by atoms with E-state index in [0.717, 1.165) is 11.4 Å². The number of carboxylic acids is 1. The van der Waals surface area contributed by atoms with Gasteiger partial charge in [0.1, 0.15) is 0 Å². The summed E-state index contributed by atoms with van der Waals surface area (Å²) < 4.78 is 35.8. The van der Waals surface area contributed by atoms with Crippen molar-refractivity contribution < 1.29 is 32.3 Å². The second-order valence-corrected chi connectivity index (χ2v) is 6.97. The summed E-state index contributed by atoms with van der Waals surface area (Å²) in [6.45, 7) is 1.59. The van der Waals surface area contributed by atoms with Gasteiger partial charge in [0.15, 0.2) is 0 Å². The number of aliphatic carboxylic acids is 1. The number of esters is 1. The molecule has 2 unspecified atom stereocenters. The second-order valence-electron chi connectivity index (χ2n) is 5.15. The van der Waals surface area contributed by atoms with Crippen LogP contribution in [0.15, 0.2) is 21.6 Å². The van der Waals surface area contributed by atoms with Crippen LogP contribution >= 0.6 is 0 Å². The van der Waals surface area contributed by atoms with Crippen molar-refractivity contribution in [1.29, 1.82) is 0 Å². The first kappa shape index (κ1) is 16.5. The highest BCUT2D eigenvalue weighted by atomic mass is 32.2. The van der Waals surface area contributed by atoms with Gasteiger partial charge in [0.25, 0.3) is 10.0 Å². The molecule has 1 aromatic rings. The summed E-state index contributed by atoms with van der Waals surface area (Å²) in [6.07, 6.45) is 0.870. The van der Waals surface area contributed by atoms with Gasteiger partial charge in [-0.2, -0.15) is 4.31 Å².